The van der Waals surface area contributed by atoms with Crippen molar-refractivity contribution in [3.8, 4) is 0 Å². The van der Waals surface area contributed by atoms with Gasteiger partial charge in [-0.2, -0.15) is 101 Å². The molecule has 0 saturated heterocycles. The van der Waals surface area contributed by atoms with Crippen molar-refractivity contribution in [3.05, 3.63) is 0 Å². The molecule has 0 rings (SSSR count). The molecule has 49 heteroatoms. The highest BCUT2D eigenvalue weighted by Gasteiger charge is 2.91. The highest BCUT2D eigenvalue weighted by Crippen LogP contribution is 2.62. The molecule has 0 aromatic heterocycles. The number of aliphatic carboxylic acids is 2. The number of alkyl halides is 25. The van der Waals surface area contributed by atoms with Gasteiger partial charge >= 0.3 is 114 Å². The van der Waals surface area contributed by atoms with E-state index in [1.54, 1.807) is 0 Å². The lowest BCUT2D eigenvalue weighted by atomic mass is 9.67. The Balaban J connectivity index is 0. The van der Waals surface area contributed by atoms with E-state index in [9.17, 15) is 154 Å². The third kappa shape index (κ3) is 36.8. The van der Waals surface area contributed by atoms with Gasteiger partial charge in [-0.05, 0) is 129 Å². The minimum atomic E-state index is -8.15. The Morgan fingerprint density at radius 3 is 0.912 bits per heavy atom. The Bertz CT molecular complexity index is 3160. The quantitative estimate of drug-likeness (QED) is 0.0163. The van der Waals surface area contributed by atoms with Gasteiger partial charge in [0.1, 0.15) is 13.2 Å². The molecule has 24 nitrogen and oxygen atoms in total. The molecule has 0 aliphatic carbocycles. The molecule has 0 saturated carbocycles. The number of aliphatic hydroxyl groups excluding tert-OH is 3. The molecule has 125 heavy (non-hydrogen) atoms. The van der Waals surface area contributed by atoms with Gasteiger partial charge in [0.2, 0.25) is 0 Å². The van der Waals surface area contributed by atoms with Crippen molar-refractivity contribution in [2.75, 3.05) is 145 Å². The summed E-state index contributed by atoms with van der Waals surface area (Å²) in [4.78, 5) is 89.7. The number of halogens is 25. The number of rotatable bonds is 69. The van der Waals surface area contributed by atoms with Crippen LogP contribution in [-0.4, -0.2) is 284 Å². The van der Waals surface area contributed by atoms with Crippen molar-refractivity contribution in [1.82, 2.24) is 0 Å². The molecule has 0 aliphatic heterocycles. The van der Waals surface area contributed by atoms with E-state index in [-0.39, 0.29) is 45.7 Å². The van der Waals surface area contributed by atoms with Gasteiger partial charge in [-0.1, -0.05) is 41.5 Å². The van der Waals surface area contributed by atoms with Gasteiger partial charge in [-0.25, -0.2) is 8.78 Å². The summed E-state index contributed by atoms with van der Waals surface area (Å²) in [6.45, 7) is 12.0. The number of aliphatic hydroxyl groups is 3. The molecule has 0 fully saturated rings. The van der Waals surface area contributed by atoms with Crippen LogP contribution >= 0.6 is 0 Å². The largest absolute Gasteiger partial charge is 0.481 e. The number of carbonyl (C=O) groups excluding carboxylic acids is 5. The molecule has 7 unspecified atom stereocenters. The number of carboxylic acids is 2. The number of esters is 5. The third-order valence-electron chi connectivity index (χ3n) is 19.3. The molecular weight excluding hydrogens is 1770 g/mol. The summed E-state index contributed by atoms with van der Waals surface area (Å²) in [5.74, 6) is -90.1. The van der Waals surface area contributed by atoms with Crippen LogP contribution in [0.4, 0.5) is 110 Å². The van der Waals surface area contributed by atoms with Crippen LogP contribution in [0.1, 0.15) is 178 Å². The first-order chi connectivity index (χ1) is 57.1. The number of carboxylic acid groups (broad SMARTS) is 2. The van der Waals surface area contributed by atoms with Crippen molar-refractivity contribution < 1.29 is 226 Å². The summed E-state index contributed by atoms with van der Waals surface area (Å²) in [7, 11) is 0. The van der Waals surface area contributed by atoms with Gasteiger partial charge in [-0.15, -0.1) is 0 Å². The zero-order chi connectivity index (χ0) is 97.4. The van der Waals surface area contributed by atoms with E-state index in [0.717, 1.165) is 46.5 Å². The van der Waals surface area contributed by atoms with E-state index in [4.69, 9.17) is 62.7 Å². The highest BCUT2D eigenvalue weighted by molar-refractivity contribution is 5.82. The maximum atomic E-state index is 14.6. The number of hydrogen-bond donors (Lipinski definition) is 5. The Hall–Kier alpha value is -5.86. The Labute approximate surface area is 706 Å². The molecule has 0 heterocycles. The van der Waals surface area contributed by atoms with Gasteiger partial charge in [0.15, 0.2) is 6.61 Å². The molecule has 740 valence electrons. The van der Waals surface area contributed by atoms with E-state index in [1.165, 1.54) is 48.5 Å². The van der Waals surface area contributed by atoms with Crippen molar-refractivity contribution >= 4 is 41.8 Å². The van der Waals surface area contributed by atoms with Crippen molar-refractivity contribution in [1.29, 1.82) is 0 Å². The molecular formula is C76H117F25O24. The average Bonchev–Trinajstić information content (AvgIpc) is 0.714. The Morgan fingerprint density at radius 1 is 0.312 bits per heavy atom. The zero-order valence-electron chi connectivity index (χ0n) is 70.8. The van der Waals surface area contributed by atoms with Crippen LogP contribution < -0.4 is 0 Å². The lowest BCUT2D eigenvalue weighted by Crippen LogP contribution is -2.70. The van der Waals surface area contributed by atoms with Gasteiger partial charge in [-0.3, -0.25) is 33.6 Å². The fraction of sp³-hybridized carbons (Fsp3) is 0.908. The zero-order valence-corrected chi connectivity index (χ0v) is 70.8. The maximum absolute atomic E-state index is 14.6. The van der Waals surface area contributed by atoms with Crippen molar-refractivity contribution in [2.24, 2.45) is 44.8 Å². The van der Waals surface area contributed by atoms with Crippen LogP contribution in [0.3, 0.4) is 0 Å². The molecule has 0 aromatic carbocycles. The van der Waals surface area contributed by atoms with Crippen LogP contribution in [0, 0.1) is 44.8 Å². The summed E-state index contributed by atoms with van der Waals surface area (Å²) in [5.41, 5.74) is -8.79. The van der Waals surface area contributed by atoms with Crippen LogP contribution in [0.25, 0.3) is 0 Å². The Kier molecular flexibility index (Phi) is 51.8. The summed E-state index contributed by atoms with van der Waals surface area (Å²) >= 11 is 0. The monoisotopic (exact) mass is 1890 g/mol. The summed E-state index contributed by atoms with van der Waals surface area (Å²) in [6, 6.07) is 0. The first-order valence-electron chi connectivity index (χ1n) is 39.4. The molecule has 0 aliphatic rings. The molecule has 0 bridgehead atoms. The second-order valence-electron chi connectivity index (χ2n) is 31.7. The summed E-state index contributed by atoms with van der Waals surface area (Å²) < 4.78 is 403. The van der Waals surface area contributed by atoms with Crippen LogP contribution in [-0.2, 0) is 90.4 Å². The second-order valence-corrected chi connectivity index (χ2v) is 31.7. The molecule has 0 spiro atoms. The smallest absolute Gasteiger partial charge is 0.460 e. The topological polar surface area (TPSA) is 331 Å². The van der Waals surface area contributed by atoms with E-state index in [0.29, 0.717) is 98.5 Å². The van der Waals surface area contributed by atoms with E-state index in [1.807, 2.05) is 0 Å². The predicted octanol–water partition coefficient (Wildman–Crippen LogP) is 15.7. The number of carbonyl (C=O) groups is 7. The molecule has 7 atom stereocenters. The predicted molar refractivity (Wildman–Crippen MR) is 386 cm³/mol. The van der Waals surface area contributed by atoms with Crippen molar-refractivity contribution in [2.45, 2.75) is 250 Å². The maximum Gasteiger partial charge on any atom is 0.460 e. The first-order valence-corrected chi connectivity index (χ1v) is 39.4. The van der Waals surface area contributed by atoms with Gasteiger partial charge in [0, 0.05) is 106 Å². The minimum absolute atomic E-state index is 0.0494. The number of ether oxygens (including phenoxy) is 12. The average molecular weight is 1890 g/mol. The molecule has 0 aromatic rings. The van der Waals surface area contributed by atoms with Gasteiger partial charge in [0.05, 0.1) is 72.3 Å². The van der Waals surface area contributed by atoms with E-state index in [2.05, 4.69) is 9.47 Å². The third-order valence-corrected chi connectivity index (χ3v) is 19.3. The van der Waals surface area contributed by atoms with Crippen LogP contribution in [0.5, 0.6) is 0 Å². The highest BCUT2D eigenvalue weighted by atomic mass is 19.4. The lowest BCUT2D eigenvalue weighted by Gasteiger charge is -2.40. The van der Waals surface area contributed by atoms with Gasteiger partial charge in [0.25, 0.3) is 0 Å². The Morgan fingerprint density at radius 2 is 0.600 bits per heavy atom. The van der Waals surface area contributed by atoms with E-state index < -0.39 is 243 Å². The minimum Gasteiger partial charge on any atom is -0.481 e. The standard InChI is InChI=1S/C50H81F13O17.C26H36F12O7/c1-5-43(3,41(69)80-33-16-65)35-38(39(66)67)36-44(4,42(70)79-32-14-45(51,52)46(53,54)47(55,56)48(57,58)49(59,60)50(61,62)63)34-37(2)40(68)78-31-13-30-77-29-12-28-76-27-11-26-75-25-10-24-74-23-9-22-73-21-8-20-72-19-7-18-71-17-6-15-64;1-7-20(5,17(42)44-9-8-39)10-14(15(40)41)11-21(6,12-19(2,3)4)18(43)45-13-22(29,30)24(33,34)26(37,38)25(35,36)23(31,32)16(27)28/h37-38,64-65H,5-36H2,1-4H3,(H,66,67);14,16,39H,7-13H2,1-6H3,(H,40,41). The second kappa shape index (κ2) is 53.5. The van der Waals surface area contributed by atoms with Crippen LogP contribution in [0.15, 0.2) is 0 Å². The van der Waals surface area contributed by atoms with Crippen molar-refractivity contribution in [3.63, 3.8) is 0 Å². The van der Waals surface area contributed by atoms with Gasteiger partial charge < -0.3 is 82.4 Å². The fourth-order valence-corrected chi connectivity index (χ4v) is 12.0. The molecule has 5 N–H and O–H groups in total. The fourth-order valence-electron chi connectivity index (χ4n) is 12.0. The normalized spacial score (nSPS) is 16.0. The SMILES string of the molecule is CCC(C)(CC(CC(C)(CC(C)(C)C)C(=O)OCC(F)(F)C(F)(F)C(F)(F)C(F)(F)C(F)(F)C(F)F)C(=O)O)C(=O)OCCO.CCC(C)(CC(CC(C)(CC(C)C(=O)OCCCOCCCOCCCOCCCOCCCOCCCOCCCOCCCO)C(=O)OCCC(F)(F)C(F)(F)C(F)(F)C(F)(F)C(F)(F)C(F)(F)F)C(=O)O)C(=O)OCCO. The first kappa shape index (κ1) is 121. The van der Waals surface area contributed by atoms with E-state index >= 15 is 0 Å². The summed E-state index contributed by atoms with van der Waals surface area (Å²) in [5, 5.41) is 46.6. The molecule has 0 amide bonds. The number of hydrogen-bond acceptors (Lipinski definition) is 22. The lowest BCUT2D eigenvalue weighted by molar-refractivity contribution is -0.440. The summed E-state index contributed by atoms with van der Waals surface area (Å²) in [6.07, 6.45) is -15.5. The van der Waals surface area contributed by atoms with Crippen LogP contribution in [0.2, 0.25) is 0 Å². The molecule has 0 radical (unpaired) electrons.